The second kappa shape index (κ2) is 7.41. The molecule has 0 radical (unpaired) electrons. The first-order valence-corrected chi connectivity index (χ1v) is 8.05. The Morgan fingerprint density at radius 1 is 1.20 bits per heavy atom. The van der Waals surface area contributed by atoms with Crippen LogP contribution in [0.5, 0.6) is 0 Å². The number of thiazole rings is 1. The highest BCUT2D eigenvalue weighted by Gasteiger charge is 2.11. The van der Waals surface area contributed by atoms with Crippen molar-refractivity contribution in [2.24, 2.45) is 0 Å². The SMILES string of the molecule is CCCNCc1cnc(N(CC)c2ccc(C)cc2)s1. The largest absolute Gasteiger partial charge is 0.318 e. The van der Waals surface area contributed by atoms with Gasteiger partial charge in [-0.05, 0) is 38.9 Å². The maximum atomic E-state index is 4.57. The maximum Gasteiger partial charge on any atom is 0.190 e. The molecule has 0 saturated heterocycles. The van der Waals surface area contributed by atoms with Crippen LogP contribution in [-0.4, -0.2) is 18.1 Å². The third kappa shape index (κ3) is 3.81. The van der Waals surface area contributed by atoms with Gasteiger partial charge in [-0.15, -0.1) is 11.3 Å². The predicted molar refractivity (Wildman–Crippen MR) is 88.0 cm³/mol. The first-order valence-electron chi connectivity index (χ1n) is 7.24. The summed E-state index contributed by atoms with van der Waals surface area (Å²) in [6.45, 7) is 9.36. The molecule has 0 unspecified atom stereocenters. The second-order valence-corrected chi connectivity index (χ2v) is 5.96. The van der Waals surface area contributed by atoms with E-state index in [1.165, 1.54) is 16.1 Å². The number of hydrogen-bond acceptors (Lipinski definition) is 4. The normalized spacial score (nSPS) is 10.8. The molecule has 0 aliphatic rings. The van der Waals surface area contributed by atoms with Gasteiger partial charge in [-0.2, -0.15) is 0 Å². The van der Waals surface area contributed by atoms with Crippen LogP contribution in [0.25, 0.3) is 0 Å². The fraction of sp³-hybridized carbons (Fsp3) is 0.438. The summed E-state index contributed by atoms with van der Waals surface area (Å²) in [6.07, 6.45) is 3.15. The van der Waals surface area contributed by atoms with Crippen LogP contribution in [0.1, 0.15) is 30.7 Å². The molecule has 1 heterocycles. The van der Waals surface area contributed by atoms with Crippen molar-refractivity contribution in [3.63, 3.8) is 0 Å². The van der Waals surface area contributed by atoms with Crippen molar-refractivity contribution in [2.75, 3.05) is 18.0 Å². The number of anilines is 2. The van der Waals surface area contributed by atoms with Crippen LogP contribution in [0, 0.1) is 6.92 Å². The highest BCUT2D eigenvalue weighted by Crippen LogP contribution is 2.29. The van der Waals surface area contributed by atoms with Gasteiger partial charge in [0.2, 0.25) is 0 Å². The summed E-state index contributed by atoms with van der Waals surface area (Å²) in [6, 6.07) is 8.62. The molecule has 3 nitrogen and oxygen atoms in total. The third-order valence-electron chi connectivity index (χ3n) is 3.16. The molecule has 1 aromatic carbocycles. The lowest BCUT2D eigenvalue weighted by Gasteiger charge is -2.19. The Morgan fingerprint density at radius 2 is 1.95 bits per heavy atom. The predicted octanol–water partition coefficient (Wildman–Crippen LogP) is 4.11. The van der Waals surface area contributed by atoms with E-state index in [1.807, 2.05) is 6.20 Å². The molecular weight excluding hydrogens is 266 g/mol. The Balaban J connectivity index is 2.09. The van der Waals surface area contributed by atoms with Crippen LogP contribution in [0.4, 0.5) is 10.8 Å². The van der Waals surface area contributed by atoms with Crippen LogP contribution < -0.4 is 10.2 Å². The van der Waals surface area contributed by atoms with Crippen LogP contribution >= 0.6 is 11.3 Å². The van der Waals surface area contributed by atoms with Crippen molar-refractivity contribution in [2.45, 2.75) is 33.7 Å². The zero-order valence-electron chi connectivity index (χ0n) is 12.5. The van der Waals surface area contributed by atoms with Gasteiger partial charge in [-0.25, -0.2) is 4.98 Å². The quantitative estimate of drug-likeness (QED) is 0.778. The van der Waals surface area contributed by atoms with Gasteiger partial charge in [-0.3, -0.25) is 0 Å². The fourth-order valence-corrected chi connectivity index (χ4v) is 3.01. The minimum atomic E-state index is 0.914. The molecular formula is C16H23N3S. The van der Waals surface area contributed by atoms with Gasteiger partial charge in [0, 0.05) is 29.9 Å². The Morgan fingerprint density at radius 3 is 2.60 bits per heavy atom. The Kier molecular flexibility index (Phi) is 5.56. The lowest BCUT2D eigenvalue weighted by atomic mass is 10.2. The average molecular weight is 289 g/mol. The van der Waals surface area contributed by atoms with E-state index >= 15 is 0 Å². The van der Waals surface area contributed by atoms with Gasteiger partial charge in [0.05, 0.1) is 0 Å². The minimum Gasteiger partial charge on any atom is -0.318 e. The second-order valence-electron chi connectivity index (χ2n) is 4.87. The standard InChI is InChI=1S/C16H23N3S/c1-4-10-17-11-15-12-18-16(20-15)19(5-2)14-8-6-13(3)7-9-14/h6-9,12,17H,4-5,10-11H2,1-3H3. The summed E-state index contributed by atoms with van der Waals surface area (Å²) in [7, 11) is 0. The Labute approximate surface area is 125 Å². The molecule has 1 N–H and O–H groups in total. The molecule has 20 heavy (non-hydrogen) atoms. The van der Waals surface area contributed by atoms with E-state index in [4.69, 9.17) is 0 Å². The number of nitrogens with one attached hydrogen (secondary N) is 1. The van der Waals surface area contributed by atoms with Crippen molar-refractivity contribution in [3.8, 4) is 0 Å². The molecule has 1 aromatic heterocycles. The number of rotatable bonds is 7. The van der Waals surface area contributed by atoms with Crippen molar-refractivity contribution in [1.29, 1.82) is 0 Å². The van der Waals surface area contributed by atoms with E-state index in [0.29, 0.717) is 0 Å². The van der Waals surface area contributed by atoms with Crippen LogP contribution in [-0.2, 0) is 6.54 Å². The minimum absolute atomic E-state index is 0.914. The Hall–Kier alpha value is -1.39. The summed E-state index contributed by atoms with van der Waals surface area (Å²) in [5.74, 6) is 0. The number of nitrogens with zero attached hydrogens (tertiary/aromatic N) is 2. The van der Waals surface area contributed by atoms with Gasteiger partial charge in [0.15, 0.2) is 5.13 Å². The highest BCUT2D eigenvalue weighted by molar-refractivity contribution is 7.15. The van der Waals surface area contributed by atoms with Gasteiger partial charge in [-0.1, -0.05) is 24.6 Å². The van der Waals surface area contributed by atoms with Crippen molar-refractivity contribution in [1.82, 2.24) is 10.3 Å². The van der Waals surface area contributed by atoms with E-state index in [-0.39, 0.29) is 0 Å². The zero-order chi connectivity index (χ0) is 14.4. The van der Waals surface area contributed by atoms with Crippen LogP contribution in [0.15, 0.2) is 30.5 Å². The molecule has 2 rings (SSSR count). The Bertz CT molecular complexity index is 519. The number of hydrogen-bond donors (Lipinski definition) is 1. The van der Waals surface area contributed by atoms with Crippen LogP contribution in [0.3, 0.4) is 0 Å². The lowest BCUT2D eigenvalue weighted by molar-refractivity contribution is 0.681. The smallest absolute Gasteiger partial charge is 0.190 e. The van der Waals surface area contributed by atoms with E-state index in [0.717, 1.165) is 31.2 Å². The summed E-state index contributed by atoms with van der Waals surface area (Å²) in [4.78, 5) is 8.12. The summed E-state index contributed by atoms with van der Waals surface area (Å²) >= 11 is 1.77. The van der Waals surface area contributed by atoms with Gasteiger partial charge in [0.1, 0.15) is 0 Å². The number of aryl methyl sites for hydroxylation is 1. The molecule has 0 atom stereocenters. The average Bonchev–Trinajstić information content (AvgIpc) is 2.91. The van der Waals surface area contributed by atoms with Crippen molar-refractivity contribution in [3.05, 3.63) is 40.9 Å². The molecule has 0 aliphatic heterocycles. The molecule has 2 aromatic rings. The van der Waals surface area contributed by atoms with E-state index < -0.39 is 0 Å². The van der Waals surface area contributed by atoms with E-state index in [2.05, 4.69) is 60.2 Å². The maximum absolute atomic E-state index is 4.57. The fourth-order valence-electron chi connectivity index (χ4n) is 2.05. The lowest BCUT2D eigenvalue weighted by Crippen LogP contribution is -2.15. The molecule has 0 bridgehead atoms. The van der Waals surface area contributed by atoms with E-state index in [1.54, 1.807) is 11.3 Å². The first-order chi connectivity index (χ1) is 9.74. The van der Waals surface area contributed by atoms with Gasteiger partial charge < -0.3 is 10.2 Å². The molecule has 0 saturated carbocycles. The van der Waals surface area contributed by atoms with E-state index in [9.17, 15) is 0 Å². The molecule has 108 valence electrons. The van der Waals surface area contributed by atoms with Crippen molar-refractivity contribution < 1.29 is 0 Å². The number of benzene rings is 1. The molecule has 0 amide bonds. The molecule has 0 fully saturated rings. The summed E-state index contributed by atoms with van der Waals surface area (Å²) in [5, 5.41) is 4.49. The molecule has 0 spiro atoms. The first kappa shape index (κ1) is 15.0. The highest BCUT2D eigenvalue weighted by atomic mass is 32.1. The van der Waals surface area contributed by atoms with Crippen LogP contribution in [0.2, 0.25) is 0 Å². The molecule has 4 heteroatoms. The topological polar surface area (TPSA) is 28.2 Å². The van der Waals surface area contributed by atoms with Gasteiger partial charge >= 0.3 is 0 Å². The zero-order valence-corrected chi connectivity index (χ0v) is 13.3. The molecule has 0 aliphatic carbocycles. The van der Waals surface area contributed by atoms with Crippen molar-refractivity contribution >= 4 is 22.2 Å². The number of aromatic nitrogens is 1. The summed E-state index contributed by atoms with van der Waals surface area (Å²) < 4.78 is 0. The third-order valence-corrected chi connectivity index (χ3v) is 4.18. The van der Waals surface area contributed by atoms with Gasteiger partial charge in [0.25, 0.3) is 0 Å². The summed E-state index contributed by atoms with van der Waals surface area (Å²) in [5.41, 5.74) is 2.49. The monoisotopic (exact) mass is 289 g/mol.